The lowest BCUT2D eigenvalue weighted by Crippen LogP contribution is -2.12. The first-order valence-electron chi connectivity index (χ1n) is 11.7. The lowest BCUT2D eigenvalue weighted by Gasteiger charge is -2.13. The van der Waals surface area contributed by atoms with Crippen molar-refractivity contribution >= 4 is 45.6 Å². The maximum Gasteiger partial charge on any atom is 0.270 e. The first kappa shape index (κ1) is 27.3. The van der Waals surface area contributed by atoms with E-state index in [9.17, 15) is 25.4 Å². The molecule has 0 aliphatic heterocycles. The molecule has 4 aromatic rings. The lowest BCUT2D eigenvalue weighted by molar-refractivity contribution is -0.384. The van der Waals surface area contributed by atoms with E-state index >= 15 is 0 Å². The van der Waals surface area contributed by atoms with Gasteiger partial charge >= 0.3 is 0 Å². The molecule has 4 rings (SSSR count). The highest BCUT2D eigenvalue weighted by molar-refractivity contribution is 7.99. The third-order valence-corrected chi connectivity index (χ3v) is 7.47. The number of benzene rings is 2. The van der Waals surface area contributed by atoms with Gasteiger partial charge < -0.3 is 11.1 Å². The average molecular weight is 556 g/mol. The number of nitriles is 2. The fraction of sp³-hybridized carbons (Fsp3) is 0.148. The number of amides is 1. The van der Waals surface area contributed by atoms with Crippen LogP contribution in [0.3, 0.4) is 0 Å². The second kappa shape index (κ2) is 12.2. The number of nitro groups is 1. The average Bonchev–Trinajstić information content (AvgIpc) is 3.41. The number of nitro benzene ring substituents is 1. The van der Waals surface area contributed by atoms with Gasteiger partial charge in [0.25, 0.3) is 5.69 Å². The van der Waals surface area contributed by atoms with Crippen LogP contribution in [0.1, 0.15) is 30.0 Å². The number of thioether (sulfide) groups is 1. The molecule has 2 aromatic carbocycles. The summed E-state index contributed by atoms with van der Waals surface area (Å²) in [6.07, 6.45) is 0.957. The molecule has 0 fully saturated rings. The van der Waals surface area contributed by atoms with Gasteiger partial charge in [0.05, 0.1) is 16.2 Å². The second-order valence-electron chi connectivity index (χ2n) is 8.19. The predicted octanol–water partition coefficient (Wildman–Crippen LogP) is 5.79. The number of hydrogen-bond acceptors (Lipinski definition) is 10. The summed E-state index contributed by atoms with van der Waals surface area (Å²) < 4.78 is 0. The van der Waals surface area contributed by atoms with Crippen LogP contribution in [0.5, 0.6) is 0 Å². The fourth-order valence-corrected chi connectivity index (χ4v) is 5.43. The third-order valence-electron chi connectivity index (χ3n) is 5.74. The number of aryl methyl sites for hydroxylation is 1. The van der Waals surface area contributed by atoms with Crippen LogP contribution in [0.4, 0.5) is 16.6 Å². The lowest BCUT2D eigenvalue weighted by atomic mass is 9.96. The Morgan fingerprint density at radius 2 is 1.87 bits per heavy atom. The number of hydrogen-bond donors (Lipinski definition) is 2. The third kappa shape index (κ3) is 6.21. The van der Waals surface area contributed by atoms with Gasteiger partial charge in [-0.1, -0.05) is 43.3 Å². The molecule has 0 aliphatic carbocycles. The fourth-order valence-electron chi connectivity index (χ4n) is 3.76. The van der Waals surface area contributed by atoms with Crippen molar-refractivity contribution in [2.45, 2.75) is 24.8 Å². The van der Waals surface area contributed by atoms with Crippen LogP contribution in [0.15, 0.2) is 58.9 Å². The number of nitrogens with one attached hydrogen (secondary N) is 1. The monoisotopic (exact) mass is 555 g/mol. The first-order valence-corrected chi connectivity index (χ1v) is 13.6. The standard InChI is InChI=1S/C27H21N7O3S2/c1-2-16-6-8-17(9-7-16)24-20(13-28)25(30)33-26(21(24)14-29)38-11-10-23(35)32-27-31-22(15-39-27)18-4-3-5-19(12-18)34(36)37/h3-9,12,15H,2,10-11H2,1H3,(H2,30,33)(H,31,32,35). The summed E-state index contributed by atoms with van der Waals surface area (Å²) in [5.74, 6) is 0.0309. The Morgan fingerprint density at radius 1 is 1.13 bits per heavy atom. The number of nitrogen functional groups attached to an aromatic ring is 1. The van der Waals surface area contributed by atoms with Crippen molar-refractivity contribution in [1.82, 2.24) is 9.97 Å². The van der Waals surface area contributed by atoms with Crippen LogP contribution >= 0.6 is 23.1 Å². The molecule has 0 saturated heterocycles. The number of thiazole rings is 1. The Bertz CT molecular complexity index is 1640. The van der Waals surface area contributed by atoms with E-state index in [1.54, 1.807) is 17.5 Å². The summed E-state index contributed by atoms with van der Waals surface area (Å²) >= 11 is 2.41. The first-order chi connectivity index (χ1) is 18.8. The van der Waals surface area contributed by atoms with Gasteiger partial charge in [-0.25, -0.2) is 9.97 Å². The maximum absolute atomic E-state index is 12.6. The van der Waals surface area contributed by atoms with Crippen LogP contribution in [0.2, 0.25) is 0 Å². The molecule has 0 aliphatic rings. The van der Waals surface area contributed by atoms with Gasteiger partial charge in [-0.2, -0.15) is 10.5 Å². The molecule has 2 heterocycles. The predicted molar refractivity (Wildman–Crippen MR) is 151 cm³/mol. The molecule has 12 heteroatoms. The summed E-state index contributed by atoms with van der Waals surface area (Å²) in [6.45, 7) is 2.04. The van der Waals surface area contributed by atoms with Crippen LogP contribution in [0, 0.1) is 32.8 Å². The topological polar surface area (TPSA) is 172 Å². The van der Waals surface area contributed by atoms with Crippen molar-refractivity contribution in [3.63, 3.8) is 0 Å². The minimum absolute atomic E-state index is 0.0227. The SMILES string of the molecule is CCc1ccc(-c2c(C#N)c(N)nc(SCCC(=O)Nc3nc(-c4cccc([N+](=O)[O-])c4)cs3)c2C#N)cc1. The number of carbonyl (C=O) groups is 1. The quantitative estimate of drug-likeness (QED) is 0.147. The van der Waals surface area contributed by atoms with Crippen molar-refractivity contribution < 1.29 is 9.72 Å². The maximum atomic E-state index is 12.6. The molecule has 194 valence electrons. The van der Waals surface area contributed by atoms with E-state index < -0.39 is 4.92 Å². The van der Waals surface area contributed by atoms with Gasteiger partial charge in [0.2, 0.25) is 5.91 Å². The molecular weight excluding hydrogens is 534 g/mol. The highest BCUT2D eigenvalue weighted by Crippen LogP contribution is 2.36. The van der Waals surface area contributed by atoms with Crippen LogP contribution in [-0.2, 0) is 11.2 Å². The summed E-state index contributed by atoms with van der Waals surface area (Å²) in [5, 5.41) is 35.8. The van der Waals surface area contributed by atoms with Gasteiger partial charge in [0, 0.05) is 40.8 Å². The van der Waals surface area contributed by atoms with Gasteiger partial charge in [-0.3, -0.25) is 14.9 Å². The molecular formula is C27H21N7O3S2. The Labute approximate surface area is 232 Å². The summed E-state index contributed by atoms with van der Waals surface area (Å²) in [5.41, 5.74) is 9.74. The molecule has 0 unspecified atom stereocenters. The highest BCUT2D eigenvalue weighted by atomic mass is 32.2. The molecule has 0 bridgehead atoms. The van der Waals surface area contributed by atoms with E-state index in [1.807, 2.05) is 31.2 Å². The molecule has 0 saturated carbocycles. The highest BCUT2D eigenvalue weighted by Gasteiger charge is 2.21. The number of carbonyl (C=O) groups excluding carboxylic acids is 1. The van der Waals surface area contributed by atoms with Crippen LogP contribution < -0.4 is 11.1 Å². The van der Waals surface area contributed by atoms with E-state index in [0.717, 1.165) is 12.0 Å². The smallest absolute Gasteiger partial charge is 0.270 e. The van der Waals surface area contributed by atoms with Crippen molar-refractivity contribution in [2.75, 3.05) is 16.8 Å². The number of pyridine rings is 1. The van der Waals surface area contributed by atoms with Crippen molar-refractivity contribution in [2.24, 2.45) is 0 Å². The van der Waals surface area contributed by atoms with Crippen LogP contribution in [0.25, 0.3) is 22.4 Å². The Morgan fingerprint density at radius 3 is 2.54 bits per heavy atom. The van der Waals surface area contributed by atoms with Crippen molar-refractivity contribution in [3.05, 3.63) is 80.7 Å². The Kier molecular flexibility index (Phi) is 8.51. The Balaban J connectivity index is 1.46. The van der Waals surface area contributed by atoms with E-state index in [1.165, 1.54) is 35.2 Å². The van der Waals surface area contributed by atoms with Crippen LogP contribution in [-0.4, -0.2) is 26.6 Å². The van der Waals surface area contributed by atoms with Crippen molar-refractivity contribution in [3.8, 4) is 34.5 Å². The van der Waals surface area contributed by atoms with E-state index in [-0.39, 0.29) is 35.0 Å². The molecule has 10 nitrogen and oxygen atoms in total. The number of nitrogens with two attached hydrogens (primary N) is 1. The molecule has 2 aromatic heterocycles. The van der Waals surface area contributed by atoms with Gasteiger partial charge in [-0.15, -0.1) is 23.1 Å². The number of anilines is 2. The Hall–Kier alpha value is -4.78. The molecule has 0 atom stereocenters. The molecule has 0 spiro atoms. The summed E-state index contributed by atoms with van der Waals surface area (Å²) in [7, 11) is 0. The number of aromatic nitrogens is 2. The van der Waals surface area contributed by atoms with E-state index in [4.69, 9.17) is 5.73 Å². The zero-order valence-corrected chi connectivity index (χ0v) is 22.3. The zero-order valence-electron chi connectivity index (χ0n) is 20.7. The largest absolute Gasteiger partial charge is 0.383 e. The number of nitrogens with zero attached hydrogens (tertiary/aromatic N) is 5. The van der Waals surface area contributed by atoms with Gasteiger partial charge in [0.1, 0.15) is 28.5 Å². The van der Waals surface area contributed by atoms with Crippen molar-refractivity contribution in [1.29, 1.82) is 10.5 Å². The molecule has 1 amide bonds. The molecule has 0 radical (unpaired) electrons. The van der Waals surface area contributed by atoms with Gasteiger partial charge in [0.15, 0.2) is 5.13 Å². The minimum Gasteiger partial charge on any atom is -0.383 e. The summed E-state index contributed by atoms with van der Waals surface area (Å²) in [4.78, 5) is 31.7. The molecule has 3 N–H and O–H groups in total. The van der Waals surface area contributed by atoms with E-state index in [2.05, 4.69) is 27.4 Å². The van der Waals surface area contributed by atoms with E-state index in [0.29, 0.717) is 38.3 Å². The normalized spacial score (nSPS) is 10.4. The minimum atomic E-state index is -0.477. The molecule has 39 heavy (non-hydrogen) atoms. The number of rotatable bonds is 9. The zero-order chi connectivity index (χ0) is 27.9. The second-order valence-corrected chi connectivity index (χ2v) is 10.1. The number of non-ortho nitro benzene ring substituents is 1. The summed E-state index contributed by atoms with van der Waals surface area (Å²) in [6, 6.07) is 17.9. The van der Waals surface area contributed by atoms with Gasteiger partial charge in [-0.05, 0) is 17.5 Å².